The highest BCUT2D eigenvalue weighted by atomic mass is 15.5. The highest BCUT2D eigenvalue weighted by Crippen LogP contribution is 2.22. The Labute approximate surface area is 145 Å². The van der Waals surface area contributed by atoms with Gasteiger partial charge in [-0.15, -0.1) is 0 Å². The molecule has 126 valence electrons. The largest absolute Gasteiger partial charge is 0.368 e. The van der Waals surface area contributed by atoms with E-state index < -0.39 is 0 Å². The number of rotatable bonds is 3. The number of para-hydroxylation sites is 1. The van der Waals surface area contributed by atoms with E-state index in [0.717, 1.165) is 31.7 Å². The number of hydrogen-bond donors (Lipinski definition) is 0. The molecule has 2 aromatic carbocycles. The number of hydrazone groups is 1. The van der Waals surface area contributed by atoms with E-state index in [9.17, 15) is 0 Å². The maximum atomic E-state index is 4.66. The van der Waals surface area contributed by atoms with Crippen LogP contribution in [-0.2, 0) is 5.41 Å². The molecule has 0 aromatic heterocycles. The normalized spacial score (nSPS) is 16.0. The van der Waals surface area contributed by atoms with Gasteiger partial charge in [-0.2, -0.15) is 5.10 Å². The summed E-state index contributed by atoms with van der Waals surface area (Å²) in [6, 6.07) is 19.3. The molecule has 1 aliphatic heterocycles. The lowest BCUT2D eigenvalue weighted by Gasteiger charge is -2.34. The molecule has 0 atom stereocenters. The first-order chi connectivity index (χ1) is 11.5. The highest BCUT2D eigenvalue weighted by Gasteiger charge is 2.15. The number of hydrogen-bond acceptors (Lipinski definition) is 3. The maximum Gasteiger partial charge on any atom is 0.0542 e. The molecular weight excluding hydrogens is 294 g/mol. The van der Waals surface area contributed by atoms with Crippen molar-refractivity contribution in [2.45, 2.75) is 26.2 Å². The van der Waals surface area contributed by atoms with E-state index >= 15 is 0 Å². The average Bonchev–Trinajstić information content (AvgIpc) is 2.61. The molecule has 1 fully saturated rings. The average molecular weight is 321 g/mol. The predicted molar refractivity (Wildman–Crippen MR) is 103 cm³/mol. The number of nitrogens with zero attached hydrogens (tertiary/aromatic N) is 3. The van der Waals surface area contributed by atoms with E-state index in [1.165, 1.54) is 11.3 Å². The molecule has 1 heterocycles. The minimum atomic E-state index is 0.198. The first-order valence-electron chi connectivity index (χ1n) is 8.72. The molecule has 0 N–H and O–H groups in total. The molecule has 24 heavy (non-hydrogen) atoms. The smallest absolute Gasteiger partial charge is 0.0542 e. The molecule has 3 nitrogen and oxygen atoms in total. The number of benzene rings is 2. The second-order valence-corrected chi connectivity index (χ2v) is 7.39. The van der Waals surface area contributed by atoms with Crippen LogP contribution in [0.15, 0.2) is 59.7 Å². The van der Waals surface area contributed by atoms with Gasteiger partial charge in [-0.05, 0) is 28.7 Å². The molecule has 0 unspecified atom stereocenters. The summed E-state index contributed by atoms with van der Waals surface area (Å²) in [5.74, 6) is 0. The summed E-state index contributed by atoms with van der Waals surface area (Å²) in [7, 11) is 0. The summed E-state index contributed by atoms with van der Waals surface area (Å²) in [5, 5.41) is 6.82. The van der Waals surface area contributed by atoms with Crippen LogP contribution in [0.2, 0.25) is 0 Å². The quantitative estimate of drug-likeness (QED) is 0.791. The van der Waals surface area contributed by atoms with Gasteiger partial charge >= 0.3 is 0 Å². The van der Waals surface area contributed by atoms with Crippen LogP contribution < -0.4 is 4.90 Å². The topological polar surface area (TPSA) is 18.8 Å². The third kappa shape index (κ3) is 4.16. The van der Waals surface area contributed by atoms with Crippen molar-refractivity contribution in [1.29, 1.82) is 0 Å². The van der Waals surface area contributed by atoms with Gasteiger partial charge in [0.15, 0.2) is 0 Å². The van der Waals surface area contributed by atoms with Crippen LogP contribution in [0, 0.1) is 0 Å². The summed E-state index contributed by atoms with van der Waals surface area (Å²) >= 11 is 0. The molecule has 0 bridgehead atoms. The van der Waals surface area contributed by atoms with E-state index in [1.807, 2.05) is 6.21 Å². The summed E-state index contributed by atoms with van der Waals surface area (Å²) < 4.78 is 0. The lowest BCUT2D eigenvalue weighted by molar-refractivity contribution is 0.272. The van der Waals surface area contributed by atoms with Gasteiger partial charge in [-0.25, -0.2) is 0 Å². The first kappa shape index (κ1) is 16.6. The SMILES string of the molecule is CC(C)(C)c1ccc(/C=N/N2CCN(c3ccccc3)CC2)cc1. The zero-order valence-corrected chi connectivity index (χ0v) is 14.9. The summed E-state index contributed by atoms with van der Waals surface area (Å²) in [6.45, 7) is 10.7. The Morgan fingerprint density at radius 2 is 1.46 bits per heavy atom. The van der Waals surface area contributed by atoms with Crippen LogP contribution in [0.4, 0.5) is 5.69 Å². The minimum absolute atomic E-state index is 0.198. The Hall–Kier alpha value is -2.29. The van der Waals surface area contributed by atoms with Crippen molar-refractivity contribution >= 4 is 11.9 Å². The fraction of sp³-hybridized carbons (Fsp3) is 0.381. The van der Waals surface area contributed by atoms with E-state index in [0.29, 0.717) is 0 Å². The van der Waals surface area contributed by atoms with E-state index in [-0.39, 0.29) is 5.41 Å². The molecule has 3 rings (SSSR count). The third-order valence-electron chi connectivity index (χ3n) is 4.52. The van der Waals surface area contributed by atoms with Crippen LogP contribution >= 0.6 is 0 Å². The zero-order valence-electron chi connectivity index (χ0n) is 14.9. The highest BCUT2D eigenvalue weighted by molar-refractivity contribution is 5.79. The zero-order chi connectivity index (χ0) is 17.0. The van der Waals surface area contributed by atoms with Crippen LogP contribution in [0.3, 0.4) is 0 Å². The minimum Gasteiger partial charge on any atom is -0.368 e. The fourth-order valence-electron chi connectivity index (χ4n) is 2.93. The van der Waals surface area contributed by atoms with Crippen LogP contribution in [0.1, 0.15) is 31.9 Å². The molecule has 1 aliphatic rings. The molecule has 0 saturated carbocycles. The van der Waals surface area contributed by atoms with Gasteiger partial charge in [0.25, 0.3) is 0 Å². The molecular formula is C21H27N3. The maximum absolute atomic E-state index is 4.66. The summed E-state index contributed by atoms with van der Waals surface area (Å²) in [4.78, 5) is 2.42. The summed E-state index contributed by atoms with van der Waals surface area (Å²) in [6.07, 6.45) is 1.98. The second kappa shape index (κ2) is 7.08. The van der Waals surface area contributed by atoms with Crippen LogP contribution in [0.25, 0.3) is 0 Å². The van der Waals surface area contributed by atoms with Crippen molar-refractivity contribution in [3.05, 3.63) is 65.7 Å². The van der Waals surface area contributed by atoms with Gasteiger partial charge in [0, 0.05) is 18.8 Å². The van der Waals surface area contributed by atoms with E-state index in [1.54, 1.807) is 0 Å². The van der Waals surface area contributed by atoms with Crippen molar-refractivity contribution in [3.63, 3.8) is 0 Å². The van der Waals surface area contributed by atoms with Crippen LogP contribution in [-0.4, -0.2) is 37.4 Å². The Balaban J connectivity index is 1.55. The van der Waals surface area contributed by atoms with E-state index in [2.05, 4.69) is 90.4 Å². The second-order valence-electron chi connectivity index (χ2n) is 7.39. The Morgan fingerprint density at radius 3 is 2.04 bits per heavy atom. The summed E-state index contributed by atoms with van der Waals surface area (Å²) in [5.41, 5.74) is 4.02. The fourth-order valence-corrected chi connectivity index (χ4v) is 2.93. The molecule has 0 spiro atoms. The molecule has 3 heteroatoms. The Morgan fingerprint density at radius 1 is 0.833 bits per heavy atom. The van der Waals surface area contributed by atoms with Crippen molar-refractivity contribution in [3.8, 4) is 0 Å². The standard InChI is InChI=1S/C21H27N3/c1-21(2,3)19-11-9-18(10-12-19)17-22-24-15-13-23(14-16-24)20-7-5-4-6-8-20/h4-12,17H,13-16H2,1-3H3/b22-17+. The number of anilines is 1. The number of piperazine rings is 1. The Kier molecular flexibility index (Phi) is 4.89. The van der Waals surface area contributed by atoms with Crippen LogP contribution in [0.5, 0.6) is 0 Å². The Bertz CT molecular complexity index is 660. The first-order valence-corrected chi connectivity index (χ1v) is 8.72. The van der Waals surface area contributed by atoms with Gasteiger partial charge in [-0.1, -0.05) is 63.2 Å². The van der Waals surface area contributed by atoms with Gasteiger partial charge in [0.05, 0.1) is 19.3 Å². The van der Waals surface area contributed by atoms with Crippen molar-refractivity contribution in [2.75, 3.05) is 31.1 Å². The molecule has 1 saturated heterocycles. The van der Waals surface area contributed by atoms with Gasteiger partial charge < -0.3 is 4.90 Å². The van der Waals surface area contributed by atoms with Gasteiger partial charge in [-0.3, -0.25) is 5.01 Å². The van der Waals surface area contributed by atoms with Gasteiger partial charge in [0.2, 0.25) is 0 Å². The monoisotopic (exact) mass is 321 g/mol. The lowest BCUT2D eigenvalue weighted by Crippen LogP contribution is -2.44. The molecule has 0 aliphatic carbocycles. The van der Waals surface area contributed by atoms with Gasteiger partial charge in [0.1, 0.15) is 0 Å². The third-order valence-corrected chi connectivity index (χ3v) is 4.52. The molecule has 2 aromatic rings. The molecule has 0 amide bonds. The van der Waals surface area contributed by atoms with Crippen molar-refractivity contribution < 1.29 is 0 Å². The lowest BCUT2D eigenvalue weighted by atomic mass is 9.87. The molecule has 0 radical (unpaired) electrons. The predicted octanol–water partition coefficient (Wildman–Crippen LogP) is 4.14. The van der Waals surface area contributed by atoms with Crippen molar-refractivity contribution in [1.82, 2.24) is 5.01 Å². The van der Waals surface area contributed by atoms with Crippen molar-refractivity contribution in [2.24, 2.45) is 5.10 Å². The van der Waals surface area contributed by atoms with E-state index in [4.69, 9.17) is 0 Å².